The fourth-order valence-electron chi connectivity index (χ4n) is 2.60. The van der Waals surface area contributed by atoms with E-state index < -0.39 is 22.0 Å². The third-order valence-electron chi connectivity index (χ3n) is 3.94. The third kappa shape index (κ3) is 2.79. The molecule has 8 heteroatoms. The highest BCUT2D eigenvalue weighted by atomic mass is 32.2. The van der Waals surface area contributed by atoms with E-state index in [1.165, 1.54) is 14.1 Å². The topological polar surface area (TPSA) is 86.8 Å². The van der Waals surface area contributed by atoms with E-state index in [1.807, 2.05) is 24.3 Å². The van der Waals surface area contributed by atoms with Crippen LogP contribution in [0.2, 0.25) is 0 Å². The van der Waals surface area contributed by atoms with Crippen molar-refractivity contribution in [3.05, 3.63) is 47.5 Å². The Morgan fingerprint density at radius 3 is 1.96 bits per heavy atom. The molecule has 0 aromatic heterocycles. The summed E-state index contributed by atoms with van der Waals surface area (Å²) < 4.78 is 26.7. The lowest BCUT2D eigenvalue weighted by atomic mass is 10.0. The number of imide groups is 1. The van der Waals surface area contributed by atoms with Gasteiger partial charge in [-0.1, -0.05) is 24.3 Å². The molecule has 0 saturated heterocycles. The van der Waals surface area contributed by atoms with Gasteiger partial charge in [-0.05, 0) is 22.9 Å². The molecule has 0 fully saturated rings. The first kappa shape index (κ1) is 16.6. The number of benzene rings is 2. The summed E-state index contributed by atoms with van der Waals surface area (Å²) in [5.74, 6) is -0.797. The van der Waals surface area contributed by atoms with Crippen LogP contribution >= 0.6 is 0 Å². The Morgan fingerprint density at radius 2 is 1.50 bits per heavy atom. The van der Waals surface area contributed by atoms with E-state index in [4.69, 9.17) is 0 Å². The van der Waals surface area contributed by atoms with Crippen LogP contribution in [0.1, 0.15) is 20.7 Å². The van der Waals surface area contributed by atoms with Gasteiger partial charge < -0.3 is 0 Å². The van der Waals surface area contributed by atoms with Crippen LogP contribution in [-0.2, 0) is 10.2 Å². The van der Waals surface area contributed by atoms with Crippen LogP contribution in [0.5, 0.6) is 0 Å². The van der Waals surface area contributed by atoms with E-state index in [2.05, 4.69) is 4.72 Å². The Morgan fingerprint density at radius 1 is 1.00 bits per heavy atom. The molecule has 0 bridgehead atoms. The van der Waals surface area contributed by atoms with E-state index in [0.29, 0.717) is 11.1 Å². The molecule has 2 aromatic carbocycles. The molecular formula is C16H17N3O4S. The van der Waals surface area contributed by atoms with Gasteiger partial charge >= 0.3 is 0 Å². The van der Waals surface area contributed by atoms with Crippen molar-refractivity contribution < 1.29 is 18.0 Å². The second kappa shape index (κ2) is 5.97. The zero-order valence-corrected chi connectivity index (χ0v) is 14.1. The molecule has 2 aromatic rings. The quantitative estimate of drug-likeness (QED) is 0.812. The Labute approximate surface area is 140 Å². The van der Waals surface area contributed by atoms with Gasteiger partial charge in [0.15, 0.2) is 0 Å². The fourth-order valence-corrected chi connectivity index (χ4v) is 3.20. The lowest BCUT2D eigenvalue weighted by Gasteiger charge is -2.16. The standard InChI is InChI=1S/C16H17N3O4S/c1-18(2)24(22,23)17-7-8-19-15(20)13-9-11-5-3-4-6-12(11)10-14(13)16(19)21/h3-6,9-10,17H,7-8H2,1-2H3. The van der Waals surface area contributed by atoms with Gasteiger partial charge in [-0.2, -0.15) is 12.7 Å². The lowest BCUT2D eigenvalue weighted by Crippen LogP contribution is -2.41. The molecule has 2 amide bonds. The van der Waals surface area contributed by atoms with Gasteiger partial charge in [0, 0.05) is 27.2 Å². The smallest absolute Gasteiger partial charge is 0.273 e. The Balaban J connectivity index is 1.81. The molecule has 1 N–H and O–H groups in total. The second-order valence-corrected chi connectivity index (χ2v) is 7.66. The summed E-state index contributed by atoms with van der Waals surface area (Å²) in [5, 5.41) is 1.76. The molecule has 0 saturated carbocycles. The van der Waals surface area contributed by atoms with Gasteiger partial charge in [-0.15, -0.1) is 0 Å². The molecule has 1 aliphatic heterocycles. The fraction of sp³-hybridized carbons (Fsp3) is 0.250. The van der Waals surface area contributed by atoms with Crippen molar-refractivity contribution in [3.63, 3.8) is 0 Å². The zero-order chi connectivity index (χ0) is 17.5. The van der Waals surface area contributed by atoms with Crippen molar-refractivity contribution in [2.24, 2.45) is 0 Å². The summed E-state index contributed by atoms with van der Waals surface area (Å²) >= 11 is 0. The van der Waals surface area contributed by atoms with Crippen molar-refractivity contribution >= 4 is 32.8 Å². The number of hydrogen-bond donors (Lipinski definition) is 1. The Kier molecular flexibility index (Phi) is 4.12. The molecule has 3 rings (SSSR count). The zero-order valence-electron chi connectivity index (χ0n) is 13.3. The van der Waals surface area contributed by atoms with Gasteiger partial charge in [-0.3, -0.25) is 14.5 Å². The highest BCUT2D eigenvalue weighted by molar-refractivity contribution is 7.87. The van der Waals surface area contributed by atoms with Gasteiger partial charge in [0.2, 0.25) is 0 Å². The average Bonchev–Trinajstić information content (AvgIpc) is 2.77. The monoisotopic (exact) mass is 347 g/mol. The Bertz CT molecular complexity index is 883. The Hall–Kier alpha value is -2.29. The van der Waals surface area contributed by atoms with Gasteiger partial charge in [0.05, 0.1) is 11.1 Å². The van der Waals surface area contributed by atoms with Crippen molar-refractivity contribution in [2.45, 2.75) is 0 Å². The largest absolute Gasteiger partial charge is 0.278 e. The molecule has 1 heterocycles. The number of nitrogens with one attached hydrogen (secondary N) is 1. The minimum absolute atomic E-state index is 0.0181. The summed E-state index contributed by atoms with van der Waals surface area (Å²) in [6.07, 6.45) is 0. The summed E-state index contributed by atoms with van der Waals surface area (Å²) in [5.41, 5.74) is 0.711. The van der Waals surface area contributed by atoms with Crippen molar-refractivity contribution in [3.8, 4) is 0 Å². The molecule has 126 valence electrons. The highest BCUT2D eigenvalue weighted by Crippen LogP contribution is 2.27. The van der Waals surface area contributed by atoms with Crippen LogP contribution in [0.15, 0.2) is 36.4 Å². The molecule has 0 unspecified atom stereocenters. The van der Waals surface area contributed by atoms with Crippen LogP contribution in [0.3, 0.4) is 0 Å². The van der Waals surface area contributed by atoms with Crippen LogP contribution in [0.25, 0.3) is 10.8 Å². The molecule has 0 radical (unpaired) electrons. The van der Waals surface area contributed by atoms with Crippen LogP contribution in [-0.4, -0.2) is 56.6 Å². The van der Waals surface area contributed by atoms with Gasteiger partial charge in [0.25, 0.3) is 22.0 Å². The first-order valence-electron chi connectivity index (χ1n) is 7.37. The minimum Gasteiger partial charge on any atom is -0.273 e. The molecule has 0 spiro atoms. The predicted molar refractivity (Wildman–Crippen MR) is 89.9 cm³/mol. The van der Waals surface area contributed by atoms with Crippen molar-refractivity contribution in [2.75, 3.05) is 27.2 Å². The molecular weight excluding hydrogens is 330 g/mol. The van der Waals surface area contributed by atoms with E-state index in [9.17, 15) is 18.0 Å². The van der Waals surface area contributed by atoms with Gasteiger partial charge in [0.1, 0.15) is 0 Å². The predicted octanol–water partition coefficient (Wildman–Crippen LogP) is 0.832. The molecule has 0 atom stereocenters. The van der Waals surface area contributed by atoms with E-state index in [-0.39, 0.29) is 13.1 Å². The number of hydrogen-bond acceptors (Lipinski definition) is 4. The summed E-state index contributed by atoms with van der Waals surface area (Å²) in [6, 6.07) is 10.9. The van der Waals surface area contributed by atoms with Crippen LogP contribution in [0, 0.1) is 0 Å². The second-order valence-electron chi connectivity index (χ2n) is 5.69. The summed E-state index contributed by atoms with van der Waals surface area (Å²) in [6.45, 7) is -0.0543. The SMILES string of the molecule is CN(C)S(=O)(=O)NCCN1C(=O)c2cc3ccccc3cc2C1=O. The van der Waals surface area contributed by atoms with E-state index in [0.717, 1.165) is 20.0 Å². The van der Waals surface area contributed by atoms with Crippen LogP contribution < -0.4 is 4.72 Å². The van der Waals surface area contributed by atoms with Gasteiger partial charge in [-0.25, -0.2) is 4.72 Å². The molecule has 0 aliphatic carbocycles. The minimum atomic E-state index is -3.59. The number of fused-ring (bicyclic) bond motifs is 2. The average molecular weight is 347 g/mol. The van der Waals surface area contributed by atoms with Crippen molar-refractivity contribution in [1.29, 1.82) is 0 Å². The molecule has 24 heavy (non-hydrogen) atoms. The molecule has 7 nitrogen and oxygen atoms in total. The summed E-state index contributed by atoms with van der Waals surface area (Å²) in [7, 11) is -0.792. The maximum atomic E-state index is 12.5. The highest BCUT2D eigenvalue weighted by Gasteiger charge is 2.35. The molecule has 1 aliphatic rings. The number of rotatable bonds is 5. The van der Waals surface area contributed by atoms with E-state index >= 15 is 0 Å². The number of nitrogens with zero attached hydrogens (tertiary/aromatic N) is 2. The summed E-state index contributed by atoms with van der Waals surface area (Å²) in [4.78, 5) is 26.0. The lowest BCUT2D eigenvalue weighted by molar-refractivity contribution is 0.0657. The maximum absolute atomic E-state index is 12.5. The normalized spacial score (nSPS) is 14.7. The van der Waals surface area contributed by atoms with Crippen molar-refractivity contribution in [1.82, 2.24) is 13.9 Å². The van der Waals surface area contributed by atoms with Crippen LogP contribution in [0.4, 0.5) is 0 Å². The van der Waals surface area contributed by atoms with E-state index in [1.54, 1.807) is 12.1 Å². The maximum Gasteiger partial charge on any atom is 0.278 e. The first-order valence-corrected chi connectivity index (χ1v) is 8.81. The third-order valence-corrected chi connectivity index (χ3v) is 5.47. The number of amides is 2. The first-order chi connectivity index (χ1) is 11.3. The number of carbonyl (C=O) groups excluding carboxylic acids is 2. The number of carbonyl (C=O) groups is 2.